The van der Waals surface area contributed by atoms with Gasteiger partial charge in [-0.1, -0.05) is 143 Å². The Morgan fingerprint density at radius 3 is 0.875 bits per heavy atom. The molecule has 0 aromatic rings. The molecule has 0 unspecified atom stereocenters. The number of unbranched alkanes of at least 4 members (excludes halogenated alkanes) is 19. The van der Waals surface area contributed by atoms with Gasteiger partial charge in [0.15, 0.2) is 0 Å². The molecule has 0 saturated carbocycles. The van der Waals surface area contributed by atoms with E-state index in [1.54, 1.807) is 0 Å². The molecule has 192 valence electrons. The molecule has 0 spiro atoms. The van der Waals surface area contributed by atoms with Crippen LogP contribution in [0.15, 0.2) is 0 Å². The van der Waals surface area contributed by atoms with Crippen LogP contribution in [-0.4, -0.2) is 27.1 Å². The molecular formula is C28H59BO3. The molecule has 0 radical (unpaired) electrons. The van der Waals surface area contributed by atoms with E-state index in [-0.39, 0.29) is 0 Å². The first-order chi connectivity index (χ1) is 15.8. The van der Waals surface area contributed by atoms with E-state index in [2.05, 4.69) is 20.8 Å². The molecule has 0 amide bonds. The summed E-state index contributed by atoms with van der Waals surface area (Å²) in [5.74, 6) is 0. The van der Waals surface area contributed by atoms with Crippen LogP contribution in [0.1, 0.15) is 162 Å². The minimum Gasteiger partial charge on any atom is -0.386 e. The van der Waals surface area contributed by atoms with Gasteiger partial charge >= 0.3 is 7.32 Å². The highest BCUT2D eigenvalue weighted by atomic mass is 16.7. The van der Waals surface area contributed by atoms with Gasteiger partial charge in [-0.15, -0.1) is 0 Å². The fourth-order valence-electron chi connectivity index (χ4n) is 4.01. The first-order valence-electron chi connectivity index (χ1n) is 14.7. The lowest BCUT2D eigenvalue weighted by Crippen LogP contribution is -2.28. The standard InChI is InChI=1S/C28H59BO3/c1-4-7-10-12-14-16-18-20-22-24-27-31-29(30-26-9-6-3)32-28-25-23-21-19-17-15-13-11-8-5-2/h4-28H2,1-3H3. The van der Waals surface area contributed by atoms with Crippen LogP contribution in [-0.2, 0) is 14.0 Å². The van der Waals surface area contributed by atoms with Gasteiger partial charge in [-0.3, -0.25) is 0 Å². The summed E-state index contributed by atoms with van der Waals surface area (Å²) in [7, 11) is -0.460. The zero-order valence-electron chi connectivity index (χ0n) is 22.5. The predicted molar refractivity (Wildman–Crippen MR) is 142 cm³/mol. The second-order valence-corrected chi connectivity index (χ2v) is 9.62. The topological polar surface area (TPSA) is 27.7 Å². The Labute approximate surface area is 203 Å². The van der Waals surface area contributed by atoms with Crippen molar-refractivity contribution in [1.82, 2.24) is 0 Å². The SMILES string of the molecule is CCCCCCCCCCCCOB(OCCCC)OCCCCCCCCCCCC. The van der Waals surface area contributed by atoms with Gasteiger partial charge in [0.25, 0.3) is 0 Å². The summed E-state index contributed by atoms with van der Waals surface area (Å²) in [5, 5.41) is 0. The number of hydrogen-bond acceptors (Lipinski definition) is 3. The third-order valence-corrected chi connectivity index (χ3v) is 6.26. The maximum Gasteiger partial charge on any atom is 0.639 e. The lowest BCUT2D eigenvalue weighted by molar-refractivity contribution is 0.0890. The zero-order chi connectivity index (χ0) is 23.4. The zero-order valence-corrected chi connectivity index (χ0v) is 22.5. The first-order valence-corrected chi connectivity index (χ1v) is 14.7. The number of hydrogen-bond donors (Lipinski definition) is 0. The normalized spacial score (nSPS) is 11.3. The summed E-state index contributed by atoms with van der Waals surface area (Å²) in [6.45, 7) is 9.00. The van der Waals surface area contributed by atoms with Crippen LogP contribution in [0.4, 0.5) is 0 Å². The Morgan fingerprint density at radius 1 is 0.312 bits per heavy atom. The Bertz CT molecular complexity index is 302. The van der Waals surface area contributed by atoms with Gasteiger partial charge in [-0.25, -0.2) is 0 Å². The van der Waals surface area contributed by atoms with Crippen molar-refractivity contribution in [3.05, 3.63) is 0 Å². The third-order valence-electron chi connectivity index (χ3n) is 6.26. The van der Waals surface area contributed by atoms with Gasteiger partial charge in [0.1, 0.15) is 0 Å². The molecule has 0 heterocycles. The first kappa shape index (κ1) is 31.9. The van der Waals surface area contributed by atoms with Crippen LogP contribution < -0.4 is 0 Å². The molecule has 0 rings (SSSR count). The van der Waals surface area contributed by atoms with Crippen molar-refractivity contribution >= 4 is 7.32 Å². The van der Waals surface area contributed by atoms with Crippen molar-refractivity contribution in [2.75, 3.05) is 19.8 Å². The molecular weight excluding hydrogens is 395 g/mol. The van der Waals surface area contributed by atoms with Crippen LogP contribution in [0.5, 0.6) is 0 Å². The molecule has 0 saturated heterocycles. The van der Waals surface area contributed by atoms with E-state index in [4.69, 9.17) is 14.0 Å². The van der Waals surface area contributed by atoms with Crippen LogP contribution >= 0.6 is 0 Å². The average Bonchev–Trinajstić information content (AvgIpc) is 2.80. The lowest BCUT2D eigenvalue weighted by Gasteiger charge is -2.14. The van der Waals surface area contributed by atoms with E-state index in [9.17, 15) is 0 Å². The second-order valence-electron chi connectivity index (χ2n) is 9.62. The largest absolute Gasteiger partial charge is 0.639 e. The van der Waals surface area contributed by atoms with Crippen molar-refractivity contribution in [2.24, 2.45) is 0 Å². The van der Waals surface area contributed by atoms with Gasteiger partial charge in [0.05, 0.1) is 0 Å². The monoisotopic (exact) mass is 454 g/mol. The van der Waals surface area contributed by atoms with Gasteiger partial charge in [-0.2, -0.15) is 0 Å². The van der Waals surface area contributed by atoms with Gasteiger partial charge < -0.3 is 14.0 Å². The molecule has 0 aromatic carbocycles. The van der Waals surface area contributed by atoms with Crippen LogP contribution in [0.25, 0.3) is 0 Å². The summed E-state index contributed by atoms with van der Waals surface area (Å²) in [6, 6.07) is 0. The molecule has 0 aliphatic heterocycles. The van der Waals surface area contributed by atoms with Crippen molar-refractivity contribution < 1.29 is 14.0 Å². The Kier molecular flexibility index (Phi) is 28.9. The minimum atomic E-state index is -0.460. The van der Waals surface area contributed by atoms with Crippen molar-refractivity contribution in [3.8, 4) is 0 Å². The lowest BCUT2D eigenvalue weighted by atomic mass is 10.1. The summed E-state index contributed by atoms with van der Waals surface area (Å²) < 4.78 is 17.6. The van der Waals surface area contributed by atoms with E-state index >= 15 is 0 Å². The third kappa shape index (κ3) is 26.2. The fraction of sp³-hybridized carbons (Fsp3) is 1.00. The summed E-state index contributed by atoms with van der Waals surface area (Å²) in [5.41, 5.74) is 0. The number of rotatable bonds is 28. The second kappa shape index (κ2) is 29.0. The molecule has 0 aliphatic carbocycles. The molecule has 0 aliphatic rings. The summed E-state index contributed by atoms with van der Waals surface area (Å²) >= 11 is 0. The highest BCUT2D eigenvalue weighted by molar-refractivity contribution is 6.36. The maximum atomic E-state index is 5.91. The quantitative estimate of drug-likeness (QED) is 0.0870. The Balaban J connectivity index is 3.59. The fourth-order valence-corrected chi connectivity index (χ4v) is 4.01. The van der Waals surface area contributed by atoms with Crippen molar-refractivity contribution in [1.29, 1.82) is 0 Å². The van der Waals surface area contributed by atoms with Crippen LogP contribution in [0.3, 0.4) is 0 Å². The van der Waals surface area contributed by atoms with Crippen LogP contribution in [0.2, 0.25) is 0 Å². The highest BCUT2D eigenvalue weighted by Gasteiger charge is 2.20. The van der Waals surface area contributed by atoms with E-state index in [1.807, 2.05) is 0 Å². The molecule has 3 nitrogen and oxygen atoms in total. The van der Waals surface area contributed by atoms with Gasteiger partial charge in [0, 0.05) is 19.8 Å². The average molecular weight is 455 g/mol. The van der Waals surface area contributed by atoms with E-state index in [1.165, 1.54) is 116 Å². The minimum absolute atomic E-state index is 0.460. The Morgan fingerprint density at radius 2 is 0.562 bits per heavy atom. The maximum absolute atomic E-state index is 5.91. The van der Waals surface area contributed by atoms with Gasteiger partial charge in [-0.05, 0) is 19.3 Å². The van der Waals surface area contributed by atoms with Crippen molar-refractivity contribution in [3.63, 3.8) is 0 Å². The highest BCUT2D eigenvalue weighted by Crippen LogP contribution is 2.12. The summed E-state index contributed by atoms with van der Waals surface area (Å²) in [4.78, 5) is 0. The molecule has 0 N–H and O–H groups in total. The molecule has 0 fully saturated rings. The Hall–Kier alpha value is -0.0551. The van der Waals surface area contributed by atoms with Crippen LogP contribution in [0, 0.1) is 0 Å². The molecule has 0 aromatic heterocycles. The smallest absolute Gasteiger partial charge is 0.386 e. The molecule has 32 heavy (non-hydrogen) atoms. The molecule has 0 atom stereocenters. The van der Waals surface area contributed by atoms with E-state index in [0.29, 0.717) is 0 Å². The van der Waals surface area contributed by atoms with E-state index in [0.717, 1.165) is 45.5 Å². The van der Waals surface area contributed by atoms with E-state index < -0.39 is 7.32 Å². The summed E-state index contributed by atoms with van der Waals surface area (Å²) in [6.07, 6.45) is 29.2. The van der Waals surface area contributed by atoms with Crippen molar-refractivity contribution in [2.45, 2.75) is 162 Å². The molecule has 0 bridgehead atoms. The predicted octanol–water partition coefficient (Wildman–Crippen LogP) is 9.66. The van der Waals surface area contributed by atoms with Gasteiger partial charge in [0.2, 0.25) is 0 Å². The molecule has 4 heteroatoms.